The first-order valence-corrected chi connectivity index (χ1v) is 6.54. The van der Waals surface area contributed by atoms with Gasteiger partial charge in [-0.2, -0.15) is 0 Å². The van der Waals surface area contributed by atoms with E-state index in [1.165, 1.54) is 12.1 Å². The van der Waals surface area contributed by atoms with E-state index in [-0.39, 0.29) is 11.6 Å². The molecule has 0 unspecified atom stereocenters. The molecule has 2 rings (SSSR count). The fraction of sp³-hybridized carbons (Fsp3) is 0.133. The van der Waals surface area contributed by atoms with Crippen molar-refractivity contribution in [2.45, 2.75) is 6.54 Å². The van der Waals surface area contributed by atoms with Gasteiger partial charge in [-0.25, -0.2) is 4.39 Å². The maximum atomic E-state index is 13.0. The van der Waals surface area contributed by atoms with Crippen LogP contribution in [0.5, 0.6) is 5.75 Å². The minimum Gasteiger partial charge on any atom is -0.508 e. The molecule has 104 valence electrons. The van der Waals surface area contributed by atoms with Gasteiger partial charge in [-0.3, -0.25) is 0 Å². The molecule has 2 aromatic rings. The Morgan fingerprint density at radius 2 is 1.85 bits per heavy atom. The maximum Gasteiger partial charge on any atom is 0.173 e. The van der Waals surface area contributed by atoms with Crippen LogP contribution < -0.4 is 10.2 Å². The molecule has 0 amide bonds. The lowest BCUT2D eigenvalue weighted by Gasteiger charge is -2.25. The quantitative estimate of drug-likeness (QED) is 0.852. The Morgan fingerprint density at radius 3 is 2.45 bits per heavy atom. The summed E-state index contributed by atoms with van der Waals surface area (Å²) in [6.45, 7) is 0.401. The van der Waals surface area contributed by atoms with E-state index >= 15 is 0 Å². The Morgan fingerprint density at radius 1 is 1.20 bits per heavy atom. The zero-order valence-electron chi connectivity index (χ0n) is 11.0. The smallest absolute Gasteiger partial charge is 0.173 e. The minimum atomic E-state index is -0.299. The molecule has 2 aromatic carbocycles. The number of halogens is 1. The number of anilines is 1. The van der Waals surface area contributed by atoms with Gasteiger partial charge in [0, 0.05) is 18.3 Å². The molecule has 0 bridgehead atoms. The highest BCUT2D eigenvalue weighted by atomic mass is 32.1. The van der Waals surface area contributed by atoms with E-state index in [2.05, 4.69) is 5.32 Å². The topological polar surface area (TPSA) is 35.5 Å². The van der Waals surface area contributed by atoms with Gasteiger partial charge >= 0.3 is 0 Å². The number of nitrogens with zero attached hydrogens (tertiary/aromatic N) is 1. The van der Waals surface area contributed by atoms with Crippen LogP contribution in [0.3, 0.4) is 0 Å². The first-order chi connectivity index (χ1) is 9.61. The molecular weight excluding hydrogens is 275 g/mol. The molecule has 0 aliphatic heterocycles. The average molecular weight is 290 g/mol. The summed E-state index contributed by atoms with van der Waals surface area (Å²) in [6, 6.07) is 13.1. The number of rotatable bonds is 3. The summed E-state index contributed by atoms with van der Waals surface area (Å²) in [6.07, 6.45) is 0. The molecule has 0 saturated heterocycles. The van der Waals surface area contributed by atoms with E-state index in [0.29, 0.717) is 11.7 Å². The number of hydrogen-bond acceptors (Lipinski definition) is 2. The van der Waals surface area contributed by atoms with Crippen molar-refractivity contribution in [3.05, 3.63) is 59.9 Å². The van der Waals surface area contributed by atoms with Gasteiger partial charge < -0.3 is 15.3 Å². The van der Waals surface area contributed by atoms with Crippen LogP contribution in [-0.4, -0.2) is 17.3 Å². The van der Waals surface area contributed by atoms with E-state index < -0.39 is 0 Å². The second kappa shape index (κ2) is 6.34. The lowest BCUT2D eigenvalue weighted by atomic mass is 10.2. The maximum absolute atomic E-state index is 13.0. The second-order valence-electron chi connectivity index (χ2n) is 4.25. The predicted octanol–water partition coefficient (Wildman–Crippen LogP) is 3.04. The number of thiocarbonyl (C=S) groups is 1. The molecule has 3 nitrogen and oxygen atoms in total. The molecule has 2 N–H and O–H groups in total. The van der Waals surface area contributed by atoms with Crippen molar-refractivity contribution in [2.75, 3.05) is 11.9 Å². The zero-order valence-corrected chi connectivity index (χ0v) is 11.8. The molecule has 20 heavy (non-hydrogen) atoms. The zero-order chi connectivity index (χ0) is 14.5. The largest absolute Gasteiger partial charge is 0.508 e. The summed E-state index contributed by atoms with van der Waals surface area (Å²) in [4.78, 5) is 1.80. The Labute approximate surface area is 122 Å². The molecule has 0 spiro atoms. The highest BCUT2D eigenvalue weighted by Crippen LogP contribution is 2.22. The summed E-state index contributed by atoms with van der Waals surface area (Å²) < 4.78 is 13.0. The first kappa shape index (κ1) is 14.3. The van der Waals surface area contributed by atoms with Crippen LogP contribution in [0.25, 0.3) is 0 Å². The van der Waals surface area contributed by atoms with Crippen LogP contribution in [0.15, 0.2) is 48.5 Å². The van der Waals surface area contributed by atoms with Gasteiger partial charge in [0.25, 0.3) is 0 Å². The Bertz CT molecular complexity index is 601. The summed E-state index contributed by atoms with van der Waals surface area (Å²) in [5.41, 5.74) is 1.50. The summed E-state index contributed by atoms with van der Waals surface area (Å²) in [5.74, 6) is -0.0925. The van der Waals surface area contributed by atoms with Gasteiger partial charge in [-0.1, -0.05) is 18.2 Å². The van der Waals surface area contributed by atoms with E-state index in [0.717, 1.165) is 11.3 Å². The third-order valence-electron chi connectivity index (χ3n) is 2.92. The number of hydrogen-bond donors (Lipinski definition) is 2. The Kier molecular flexibility index (Phi) is 4.53. The standard InChI is InChI=1S/C15H15FN2OS/c1-17-15(20)18(13-8-6-12(16)7-9-13)10-11-4-2-3-5-14(11)19/h2-9,19H,10H2,1H3,(H,17,20). The van der Waals surface area contributed by atoms with Crippen LogP contribution in [-0.2, 0) is 6.54 Å². The summed E-state index contributed by atoms with van der Waals surface area (Å²) in [7, 11) is 1.73. The van der Waals surface area contributed by atoms with Crippen molar-refractivity contribution < 1.29 is 9.50 Å². The molecule has 0 atom stereocenters. The number of aromatic hydroxyl groups is 1. The normalized spacial score (nSPS) is 10.1. The minimum absolute atomic E-state index is 0.207. The number of phenolic OH excluding ortho intramolecular Hbond substituents is 1. The SMILES string of the molecule is CNC(=S)N(Cc1ccccc1O)c1ccc(F)cc1. The first-order valence-electron chi connectivity index (χ1n) is 6.13. The summed E-state index contributed by atoms with van der Waals surface area (Å²) >= 11 is 5.27. The van der Waals surface area contributed by atoms with E-state index in [4.69, 9.17) is 12.2 Å². The van der Waals surface area contributed by atoms with Crippen LogP contribution in [0.2, 0.25) is 0 Å². The molecule has 0 radical (unpaired) electrons. The fourth-order valence-corrected chi connectivity index (χ4v) is 2.02. The lowest BCUT2D eigenvalue weighted by Crippen LogP contribution is -2.37. The molecule has 5 heteroatoms. The van der Waals surface area contributed by atoms with Crippen LogP contribution in [0.4, 0.5) is 10.1 Å². The van der Waals surface area contributed by atoms with Crippen molar-refractivity contribution in [3.8, 4) is 5.75 Å². The highest BCUT2D eigenvalue weighted by molar-refractivity contribution is 7.80. The van der Waals surface area contributed by atoms with Gasteiger partial charge in [0.2, 0.25) is 0 Å². The molecule has 0 aliphatic carbocycles. The predicted molar refractivity (Wildman–Crippen MR) is 82.3 cm³/mol. The van der Waals surface area contributed by atoms with E-state index in [9.17, 15) is 9.50 Å². The number of phenols is 1. The van der Waals surface area contributed by atoms with E-state index in [1.807, 2.05) is 12.1 Å². The fourth-order valence-electron chi connectivity index (χ4n) is 1.85. The molecule has 0 fully saturated rings. The third-order valence-corrected chi connectivity index (χ3v) is 3.34. The van der Waals surface area contributed by atoms with Gasteiger partial charge in [0.1, 0.15) is 11.6 Å². The molecular formula is C15H15FN2OS. The average Bonchev–Trinajstić information content (AvgIpc) is 2.47. The van der Waals surface area contributed by atoms with Gasteiger partial charge in [0.15, 0.2) is 5.11 Å². The molecule has 0 heterocycles. The molecule has 0 saturated carbocycles. The summed E-state index contributed by atoms with van der Waals surface area (Å²) in [5, 5.41) is 13.3. The van der Waals surface area contributed by atoms with Gasteiger partial charge in [-0.15, -0.1) is 0 Å². The number of benzene rings is 2. The van der Waals surface area contributed by atoms with Crippen molar-refractivity contribution in [3.63, 3.8) is 0 Å². The van der Waals surface area contributed by atoms with E-state index in [1.54, 1.807) is 36.2 Å². The second-order valence-corrected chi connectivity index (χ2v) is 4.63. The number of para-hydroxylation sites is 1. The lowest BCUT2D eigenvalue weighted by molar-refractivity contribution is 0.468. The van der Waals surface area contributed by atoms with Crippen molar-refractivity contribution in [1.82, 2.24) is 5.32 Å². The van der Waals surface area contributed by atoms with Crippen molar-refractivity contribution >= 4 is 23.0 Å². The Balaban J connectivity index is 2.31. The van der Waals surface area contributed by atoms with Crippen molar-refractivity contribution in [1.29, 1.82) is 0 Å². The van der Waals surface area contributed by atoms with Crippen LogP contribution >= 0.6 is 12.2 Å². The van der Waals surface area contributed by atoms with Crippen molar-refractivity contribution in [2.24, 2.45) is 0 Å². The van der Waals surface area contributed by atoms with Crippen LogP contribution in [0.1, 0.15) is 5.56 Å². The van der Waals surface area contributed by atoms with Gasteiger partial charge in [0.05, 0.1) is 6.54 Å². The number of nitrogens with one attached hydrogen (secondary N) is 1. The monoisotopic (exact) mass is 290 g/mol. The Hall–Kier alpha value is -2.14. The van der Waals surface area contributed by atoms with Gasteiger partial charge in [-0.05, 0) is 42.5 Å². The third kappa shape index (κ3) is 3.24. The molecule has 0 aliphatic rings. The highest BCUT2D eigenvalue weighted by Gasteiger charge is 2.13. The van der Waals surface area contributed by atoms with Crippen LogP contribution in [0, 0.1) is 5.82 Å². The molecule has 0 aromatic heterocycles.